The highest BCUT2D eigenvalue weighted by Gasteiger charge is 1.97. The molecule has 0 fully saturated rings. The van der Waals surface area contributed by atoms with E-state index < -0.39 is 5.97 Å². The average Bonchev–Trinajstić information content (AvgIpc) is 2.52. The molecule has 3 heteroatoms. The third kappa shape index (κ3) is 11.7. The highest BCUT2D eigenvalue weighted by atomic mass is 32.2. The molecule has 1 aromatic rings. The summed E-state index contributed by atoms with van der Waals surface area (Å²) in [7, 11) is 0. The Kier molecular flexibility index (Phi) is 11.9. The first-order valence-electron chi connectivity index (χ1n) is 8.62. The molecule has 1 N–H and O–H groups in total. The first kappa shape index (κ1) is 19.1. The standard InChI is InChI=1S/C19H30O2S/c20-19(21)15-11-6-4-2-1-3-5-7-12-16-22-17-18-13-9-8-10-14-18/h8-10,13-14H,1-7,11-12,15-17H2,(H,20,21). The van der Waals surface area contributed by atoms with Gasteiger partial charge in [-0.25, -0.2) is 0 Å². The van der Waals surface area contributed by atoms with Gasteiger partial charge in [-0.3, -0.25) is 4.79 Å². The van der Waals surface area contributed by atoms with Crippen LogP contribution in [-0.4, -0.2) is 16.8 Å². The fourth-order valence-electron chi connectivity index (χ4n) is 2.48. The van der Waals surface area contributed by atoms with Crippen LogP contribution in [0.1, 0.15) is 69.8 Å². The van der Waals surface area contributed by atoms with E-state index in [-0.39, 0.29) is 0 Å². The normalized spacial score (nSPS) is 10.7. The van der Waals surface area contributed by atoms with Crippen LogP contribution in [0.2, 0.25) is 0 Å². The molecule has 0 aliphatic rings. The SMILES string of the molecule is O=C(O)CCCCCCCCCCCSCc1ccccc1. The van der Waals surface area contributed by atoms with Crippen molar-refractivity contribution in [1.82, 2.24) is 0 Å². The van der Waals surface area contributed by atoms with Crippen LogP contribution in [0.25, 0.3) is 0 Å². The maximum absolute atomic E-state index is 10.4. The van der Waals surface area contributed by atoms with Crippen molar-refractivity contribution >= 4 is 17.7 Å². The Hall–Kier alpha value is -0.960. The molecule has 0 aliphatic carbocycles. The van der Waals surface area contributed by atoms with Gasteiger partial charge in [-0.05, 0) is 24.2 Å². The monoisotopic (exact) mass is 322 g/mol. The number of carboxylic acids is 1. The minimum absolute atomic E-state index is 0.334. The molecule has 0 aromatic heterocycles. The Labute approximate surface area is 139 Å². The Morgan fingerprint density at radius 2 is 1.36 bits per heavy atom. The van der Waals surface area contributed by atoms with E-state index in [2.05, 4.69) is 30.3 Å². The van der Waals surface area contributed by atoms with Gasteiger partial charge < -0.3 is 5.11 Å². The molecule has 0 radical (unpaired) electrons. The predicted octanol–water partition coefficient (Wildman–Crippen LogP) is 5.91. The number of hydrogen-bond donors (Lipinski definition) is 1. The molecule has 0 heterocycles. The molecular weight excluding hydrogens is 292 g/mol. The molecule has 0 saturated carbocycles. The van der Waals surface area contributed by atoms with E-state index in [1.165, 1.54) is 56.3 Å². The first-order valence-corrected chi connectivity index (χ1v) is 9.78. The Bertz CT molecular complexity index is 378. The van der Waals surface area contributed by atoms with Gasteiger partial charge in [0.15, 0.2) is 0 Å². The highest BCUT2D eigenvalue weighted by molar-refractivity contribution is 7.98. The van der Waals surface area contributed by atoms with Gasteiger partial charge in [0.05, 0.1) is 0 Å². The Morgan fingerprint density at radius 1 is 0.818 bits per heavy atom. The zero-order chi connectivity index (χ0) is 15.9. The summed E-state index contributed by atoms with van der Waals surface area (Å²) in [5.74, 6) is 1.74. The highest BCUT2D eigenvalue weighted by Crippen LogP contribution is 2.15. The molecule has 1 aromatic carbocycles. The van der Waals surface area contributed by atoms with E-state index in [1.54, 1.807) is 0 Å². The van der Waals surface area contributed by atoms with Gasteiger partial charge in [0.25, 0.3) is 0 Å². The van der Waals surface area contributed by atoms with Gasteiger partial charge in [0, 0.05) is 12.2 Å². The number of unbranched alkanes of at least 4 members (excludes halogenated alkanes) is 8. The van der Waals surface area contributed by atoms with E-state index in [9.17, 15) is 4.79 Å². The van der Waals surface area contributed by atoms with Crippen molar-refractivity contribution in [3.8, 4) is 0 Å². The lowest BCUT2D eigenvalue weighted by Gasteiger charge is -2.03. The van der Waals surface area contributed by atoms with E-state index in [1.807, 2.05) is 11.8 Å². The van der Waals surface area contributed by atoms with Gasteiger partial charge >= 0.3 is 5.97 Å². The van der Waals surface area contributed by atoms with Crippen LogP contribution in [0.4, 0.5) is 0 Å². The number of carboxylic acid groups (broad SMARTS) is 1. The summed E-state index contributed by atoms with van der Waals surface area (Å²) in [6.45, 7) is 0. The zero-order valence-corrected chi connectivity index (χ0v) is 14.5. The van der Waals surface area contributed by atoms with Crippen LogP contribution in [0.3, 0.4) is 0 Å². The molecule has 0 saturated heterocycles. The van der Waals surface area contributed by atoms with Crippen molar-refractivity contribution in [2.75, 3.05) is 5.75 Å². The van der Waals surface area contributed by atoms with Crippen molar-refractivity contribution in [3.05, 3.63) is 35.9 Å². The van der Waals surface area contributed by atoms with Crippen LogP contribution < -0.4 is 0 Å². The van der Waals surface area contributed by atoms with E-state index in [0.717, 1.165) is 18.6 Å². The smallest absolute Gasteiger partial charge is 0.303 e. The van der Waals surface area contributed by atoms with Gasteiger partial charge in [-0.1, -0.05) is 75.3 Å². The summed E-state index contributed by atoms with van der Waals surface area (Å²) < 4.78 is 0. The maximum Gasteiger partial charge on any atom is 0.303 e. The van der Waals surface area contributed by atoms with Crippen molar-refractivity contribution < 1.29 is 9.90 Å². The molecule has 0 bridgehead atoms. The largest absolute Gasteiger partial charge is 0.481 e. The molecule has 0 unspecified atom stereocenters. The zero-order valence-electron chi connectivity index (χ0n) is 13.6. The minimum Gasteiger partial charge on any atom is -0.481 e. The van der Waals surface area contributed by atoms with Gasteiger partial charge in [-0.15, -0.1) is 0 Å². The van der Waals surface area contributed by atoms with E-state index in [4.69, 9.17) is 5.11 Å². The predicted molar refractivity (Wildman–Crippen MR) is 96.4 cm³/mol. The van der Waals surface area contributed by atoms with Gasteiger partial charge in [-0.2, -0.15) is 11.8 Å². The van der Waals surface area contributed by atoms with Crippen molar-refractivity contribution in [3.63, 3.8) is 0 Å². The lowest BCUT2D eigenvalue weighted by molar-refractivity contribution is -0.137. The van der Waals surface area contributed by atoms with Gasteiger partial charge in [0.1, 0.15) is 0 Å². The lowest BCUT2D eigenvalue weighted by Crippen LogP contribution is -1.93. The Morgan fingerprint density at radius 3 is 1.95 bits per heavy atom. The second kappa shape index (κ2) is 13.7. The molecule has 1 rings (SSSR count). The number of carbonyl (C=O) groups is 1. The molecule has 124 valence electrons. The van der Waals surface area contributed by atoms with Gasteiger partial charge in [0.2, 0.25) is 0 Å². The van der Waals surface area contributed by atoms with Crippen molar-refractivity contribution in [1.29, 1.82) is 0 Å². The fraction of sp³-hybridized carbons (Fsp3) is 0.632. The summed E-state index contributed by atoms with van der Waals surface area (Å²) in [5.41, 5.74) is 1.43. The minimum atomic E-state index is -0.662. The number of rotatable bonds is 14. The summed E-state index contributed by atoms with van der Waals surface area (Å²) in [5, 5.41) is 8.54. The van der Waals surface area contributed by atoms with Crippen LogP contribution >= 0.6 is 11.8 Å². The molecule has 22 heavy (non-hydrogen) atoms. The second-order valence-electron chi connectivity index (χ2n) is 5.86. The number of benzene rings is 1. The summed E-state index contributed by atoms with van der Waals surface area (Å²) >= 11 is 2.04. The molecule has 0 spiro atoms. The van der Waals surface area contributed by atoms with Crippen LogP contribution in [0.15, 0.2) is 30.3 Å². The van der Waals surface area contributed by atoms with Crippen molar-refractivity contribution in [2.45, 2.75) is 70.0 Å². The van der Waals surface area contributed by atoms with Crippen LogP contribution in [0.5, 0.6) is 0 Å². The second-order valence-corrected chi connectivity index (χ2v) is 6.97. The van der Waals surface area contributed by atoms with E-state index in [0.29, 0.717) is 6.42 Å². The number of aliphatic carboxylic acids is 1. The third-order valence-corrected chi connectivity index (χ3v) is 4.91. The summed E-state index contributed by atoms with van der Waals surface area (Å²) in [6.07, 6.45) is 11.4. The van der Waals surface area contributed by atoms with E-state index >= 15 is 0 Å². The quantitative estimate of drug-likeness (QED) is 0.433. The molecule has 0 atom stereocenters. The van der Waals surface area contributed by atoms with Crippen LogP contribution in [-0.2, 0) is 10.5 Å². The molecule has 0 aliphatic heterocycles. The number of hydrogen-bond acceptors (Lipinski definition) is 2. The topological polar surface area (TPSA) is 37.3 Å². The third-order valence-electron chi connectivity index (χ3n) is 3.79. The Balaban J connectivity index is 1.76. The summed E-state index contributed by atoms with van der Waals surface area (Å²) in [6, 6.07) is 10.7. The number of thioether (sulfide) groups is 1. The fourth-order valence-corrected chi connectivity index (χ4v) is 3.46. The molecular formula is C19H30O2S. The van der Waals surface area contributed by atoms with Crippen LogP contribution in [0, 0.1) is 0 Å². The molecule has 2 nitrogen and oxygen atoms in total. The maximum atomic E-state index is 10.4. The van der Waals surface area contributed by atoms with Crippen molar-refractivity contribution in [2.24, 2.45) is 0 Å². The summed E-state index contributed by atoms with van der Waals surface area (Å²) in [4.78, 5) is 10.4. The molecule has 0 amide bonds. The first-order chi connectivity index (χ1) is 10.8. The lowest BCUT2D eigenvalue weighted by atomic mass is 10.1. The average molecular weight is 323 g/mol.